The van der Waals surface area contributed by atoms with E-state index in [9.17, 15) is 28.8 Å². The minimum atomic E-state index is -1.35. The molecule has 4 aliphatic rings. The van der Waals surface area contributed by atoms with Gasteiger partial charge in [-0.3, -0.25) is 19.2 Å². The molecule has 47 heavy (non-hydrogen) atoms. The molecule has 0 bridgehead atoms. The van der Waals surface area contributed by atoms with Gasteiger partial charge in [0.25, 0.3) is 5.91 Å². The van der Waals surface area contributed by atoms with Crippen molar-refractivity contribution in [3.63, 3.8) is 0 Å². The molecule has 13 nitrogen and oxygen atoms in total. The van der Waals surface area contributed by atoms with E-state index in [-0.39, 0.29) is 55.8 Å². The molecule has 2 aliphatic carbocycles. The van der Waals surface area contributed by atoms with Crippen molar-refractivity contribution in [2.45, 2.75) is 90.6 Å². The maximum absolute atomic E-state index is 14.3. The number of likely N-dealkylation sites (tertiary alicyclic amines) is 1. The molecule has 4 fully saturated rings. The van der Waals surface area contributed by atoms with Crippen LogP contribution in [0.25, 0.3) is 0 Å². The second-order valence-electron chi connectivity index (χ2n) is 15.1. The quantitative estimate of drug-likeness (QED) is 0.204. The van der Waals surface area contributed by atoms with Crippen LogP contribution >= 0.6 is 0 Å². The van der Waals surface area contributed by atoms with Gasteiger partial charge in [-0.25, -0.2) is 9.59 Å². The number of ketones is 1. The number of carbonyl (C=O) groups excluding carboxylic acids is 6. The lowest BCUT2D eigenvalue weighted by Gasteiger charge is -2.39. The molecule has 1 aromatic carbocycles. The maximum Gasteiger partial charge on any atom is 0.332 e. The fraction of sp³-hybridized carbons (Fsp3) is 0.647. The van der Waals surface area contributed by atoms with Gasteiger partial charge in [0, 0.05) is 32.6 Å². The van der Waals surface area contributed by atoms with E-state index in [4.69, 9.17) is 15.2 Å². The van der Waals surface area contributed by atoms with Crippen molar-refractivity contribution in [1.29, 1.82) is 0 Å². The molecular weight excluding hydrogens is 606 g/mol. The Morgan fingerprint density at radius 1 is 1.02 bits per heavy atom. The van der Waals surface area contributed by atoms with Crippen LogP contribution < -0.4 is 21.7 Å². The molecule has 5 amide bonds. The van der Waals surface area contributed by atoms with Gasteiger partial charge in [-0.1, -0.05) is 65.0 Å². The molecule has 5 N–H and O–H groups in total. The highest BCUT2D eigenvalue weighted by Gasteiger charge is 2.70. The molecule has 1 unspecified atom stereocenters. The number of primary amides is 1. The first-order chi connectivity index (χ1) is 22.1. The number of benzene rings is 1. The Labute approximate surface area is 275 Å². The van der Waals surface area contributed by atoms with Gasteiger partial charge in [0.15, 0.2) is 0 Å². The molecule has 13 heteroatoms. The molecule has 0 radical (unpaired) electrons. The number of hydrogen-bond donors (Lipinski definition) is 4. The summed E-state index contributed by atoms with van der Waals surface area (Å²) in [7, 11) is 0. The minimum Gasteiger partial charge on any atom is -0.459 e. The number of carbonyl (C=O) groups is 6. The summed E-state index contributed by atoms with van der Waals surface area (Å²) in [6.45, 7) is 10.3. The van der Waals surface area contributed by atoms with Gasteiger partial charge in [0.2, 0.25) is 17.6 Å². The predicted molar refractivity (Wildman–Crippen MR) is 169 cm³/mol. The third-order valence-corrected chi connectivity index (χ3v) is 10.4. The Bertz CT molecular complexity index is 1410. The number of ether oxygens (including phenoxy) is 2. The van der Waals surface area contributed by atoms with E-state index in [1.165, 1.54) is 4.90 Å². The highest BCUT2D eigenvalue weighted by atomic mass is 16.5. The summed E-state index contributed by atoms with van der Waals surface area (Å²) in [6, 6.07) is 5.50. The van der Waals surface area contributed by atoms with E-state index in [2.05, 4.69) is 16.0 Å². The third kappa shape index (κ3) is 7.14. The highest BCUT2D eigenvalue weighted by molar-refractivity contribution is 6.38. The summed E-state index contributed by atoms with van der Waals surface area (Å²) in [6.07, 6.45) is 1.77. The van der Waals surface area contributed by atoms with Crippen LogP contribution in [0.15, 0.2) is 30.3 Å². The van der Waals surface area contributed by atoms with Crippen molar-refractivity contribution in [2.24, 2.45) is 34.3 Å². The molecule has 2 aliphatic heterocycles. The molecule has 0 spiro atoms. The summed E-state index contributed by atoms with van der Waals surface area (Å²) in [4.78, 5) is 80.9. The second-order valence-corrected chi connectivity index (χ2v) is 15.1. The molecule has 2 heterocycles. The average Bonchev–Trinajstić information content (AvgIpc) is 3.90. The predicted octanol–water partition coefficient (Wildman–Crippen LogP) is 1.43. The van der Waals surface area contributed by atoms with E-state index in [0.717, 1.165) is 5.56 Å². The summed E-state index contributed by atoms with van der Waals surface area (Å²) < 4.78 is 11.1. The summed E-state index contributed by atoms with van der Waals surface area (Å²) in [5.41, 5.74) is 3.73. The Morgan fingerprint density at radius 3 is 2.23 bits per heavy atom. The van der Waals surface area contributed by atoms with Crippen LogP contribution in [0.1, 0.15) is 65.9 Å². The monoisotopic (exact) mass is 653 g/mol. The van der Waals surface area contributed by atoms with E-state index < -0.39 is 64.6 Å². The molecule has 2 saturated carbocycles. The molecule has 0 aromatic heterocycles. The van der Waals surface area contributed by atoms with Gasteiger partial charge >= 0.3 is 12.0 Å². The Hall–Kier alpha value is -4.00. The number of nitrogens with two attached hydrogens (primary N) is 1. The number of Topliss-reactive ketones (excluding diaryl/α,β-unsaturated/α-hetero) is 1. The number of nitrogens with one attached hydrogen (secondary N) is 3. The number of amides is 5. The van der Waals surface area contributed by atoms with Crippen LogP contribution in [0.4, 0.5) is 4.79 Å². The molecule has 5 rings (SSSR count). The lowest BCUT2D eigenvalue weighted by molar-refractivity contribution is -0.156. The molecule has 1 aromatic rings. The number of esters is 1. The zero-order valence-corrected chi connectivity index (χ0v) is 27.8. The summed E-state index contributed by atoms with van der Waals surface area (Å²) in [5, 5.41) is 8.37. The SMILES string of the molecule is CC(C)(C)[C@H](NC(=O)NC1(C(=O)OCc2ccccc2)CCOCC1)C(=O)N1C[C@H]2[C@@H]([C@H]1C(=O)NC(C(=O)C(N)=O)C1CC1)C2(C)C. The van der Waals surface area contributed by atoms with Crippen molar-refractivity contribution in [3.8, 4) is 0 Å². The normalized spacial score (nSPS) is 25.4. The number of nitrogens with zero attached hydrogens (tertiary/aromatic N) is 1. The fourth-order valence-electron chi connectivity index (χ4n) is 7.19. The van der Waals surface area contributed by atoms with Crippen LogP contribution in [0.3, 0.4) is 0 Å². The Kier molecular flexibility index (Phi) is 9.42. The molecule has 5 atom stereocenters. The van der Waals surface area contributed by atoms with E-state index >= 15 is 0 Å². The van der Waals surface area contributed by atoms with Crippen molar-refractivity contribution in [3.05, 3.63) is 35.9 Å². The Morgan fingerprint density at radius 2 is 1.66 bits per heavy atom. The molecular formula is C34H47N5O8. The van der Waals surface area contributed by atoms with Gasteiger partial charge in [-0.15, -0.1) is 0 Å². The zero-order chi connectivity index (χ0) is 34.3. The number of hydrogen-bond acceptors (Lipinski definition) is 8. The first-order valence-corrected chi connectivity index (χ1v) is 16.4. The van der Waals surface area contributed by atoms with Crippen molar-refractivity contribution in [2.75, 3.05) is 19.8 Å². The van der Waals surface area contributed by atoms with Crippen molar-refractivity contribution < 1.29 is 38.2 Å². The fourth-order valence-corrected chi connectivity index (χ4v) is 7.19. The Balaban J connectivity index is 1.32. The standard InChI is InChI=1S/C34H47N5O8/c1-32(2,3)26(37-31(45)38-34(13-15-46-16-14-34)30(44)47-18-19-9-7-6-8-10-19)29(43)39-17-21-22(33(21,4)5)24(39)28(42)36-23(20-11-12-20)25(40)27(35)41/h6-10,20-24,26H,11-18H2,1-5H3,(H2,35,41)(H,36,42)(H2,37,38,45)/t21-,22-,23?,24-,26+/m0/s1. The highest BCUT2D eigenvalue weighted by Crippen LogP contribution is 2.65. The maximum atomic E-state index is 14.3. The minimum absolute atomic E-state index is 0.0401. The third-order valence-electron chi connectivity index (χ3n) is 10.4. The van der Waals surface area contributed by atoms with Gasteiger partial charge < -0.3 is 36.1 Å². The van der Waals surface area contributed by atoms with Crippen LogP contribution in [0, 0.1) is 28.6 Å². The molecule has 256 valence electrons. The van der Waals surface area contributed by atoms with Gasteiger partial charge in [0.05, 0.1) is 0 Å². The van der Waals surface area contributed by atoms with Gasteiger partial charge in [-0.2, -0.15) is 0 Å². The lowest BCUT2D eigenvalue weighted by Crippen LogP contribution is -2.65. The van der Waals surface area contributed by atoms with Crippen LogP contribution in [0.5, 0.6) is 0 Å². The zero-order valence-electron chi connectivity index (χ0n) is 27.8. The van der Waals surface area contributed by atoms with E-state index in [1.807, 2.05) is 44.2 Å². The topological polar surface area (TPSA) is 186 Å². The number of urea groups is 1. The van der Waals surface area contributed by atoms with Crippen LogP contribution in [-0.4, -0.2) is 83.8 Å². The summed E-state index contributed by atoms with van der Waals surface area (Å²) >= 11 is 0. The second kappa shape index (κ2) is 12.9. The van der Waals surface area contributed by atoms with Crippen LogP contribution in [-0.2, 0) is 40.1 Å². The number of fused-ring (bicyclic) bond motifs is 1. The van der Waals surface area contributed by atoms with Crippen LogP contribution in [0.2, 0.25) is 0 Å². The van der Waals surface area contributed by atoms with Crippen molar-refractivity contribution in [1.82, 2.24) is 20.9 Å². The number of rotatable bonds is 11. The van der Waals surface area contributed by atoms with Crippen molar-refractivity contribution >= 4 is 35.5 Å². The van der Waals surface area contributed by atoms with Gasteiger partial charge in [0.1, 0.15) is 30.3 Å². The first kappa shape index (κ1) is 34.3. The molecule has 2 saturated heterocycles. The van der Waals surface area contributed by atoms with Gasteiger partial charge in [-0.05, 0) is 47.0 Å². The number of piperidine rings is 1. The van der Waals surface area contributed by atoms with E-state index in [0.29, 0.717) is 19.4 Å². The smallest absolute Gasteiger partial charge is 0.332 e. The largest absolute Gasteiger partial charge is 0.459 e. The first-order valence-electron chi connectivity index (χ1n) is 16.4. The summed E-state index contributed by atoms with van der Waals surface area (Å²) in [5.74, 6) is -3.79. The average molecular weight is 654 g/mol. The van der Waals surface area contributed by atoms with E-state index in [1.54, 1.807) is 20.8 Å². The lowest BCUT2D eigenvalue weighted by atomic mass is 9.85.